The van der Waals surface area contributed by atoms with E-state index in [9.17, 15) is 0 Å². The minimum atomic E-state index is -0.0692. The van der Waals surface area contributed by atoms with Gasteiger partial charge in [-0.05, 0) is 94.1 Å². The monoisotopic (exact) mass is 650 g/mol. The summed E-state index contributed by atoms with van der Waals surface area (Å²) in [6.45, 7) is 0. The average Bonchev–Trinajstić information content (AvgIpc) is 3.21. The first-order chi connectivity index (χ1) is 24.8. The third kappa shape index (κ3) is 6.04. The predicted molar refractivity (Wildman–Crippen MR) is 209 cm³/mol. The van der Waals surface area contributed by atoms with Crippen molar-refractivity contribution < 1.29 is 0 Å². The minimum absolute atomic E-state index is 0.0692. The van der Waals surface area contributed by atoms with Crippen LogP contribution in [0.2, 0.25) is 0 Å². The molecule has 1 aliphatic heterocycles. The maximum Gasteiger partial charge on any atom is 0.147 e. The number of fused-ring (bicyclic) bond motifs is 3. The zero-order valence-corrected chi connectivity index (χ0v) is 28.4. The lowest BCUT2D eigenvalue weighted by molar-refractivity contribution is 0.310. The van der Waals surface area contributed by atoms with Crippen molar-refractivity contribution in [1.29, 1.82) is 0 Å². The van der Waals surface area contributed by atoms with E-state index in [-0.39, 0.29) is 12.1 Å². The van der Waals surface area contributed by atoms with Crippen molar-refractivity contribution in [3.63, 3.8) is 0 Å². The number of rotatable bonds is 6. The van der Waals surface area contributed by atoms with Crippen LogP contribution in [0.1, 0.15) is 68.1 Å². The Kier molecular flexibility index (Phi) is 8.30. The molecule has 4 aliphatic rings. The van der Waals surface area contributed by atoms with Gasteiger partial charge in [-0.25, -0.2) is 9.98 Å². The fourth-order valence-electron chi connectivity index (χ4n) is 8.46. The first-order valence-electron chi connectivity index (χ1n) is 18.4. The number of nitrogens with one attached hydrogen (secondary N) is 1. The van der Waals surface area contributed by atoms with E-state index in [4.69, 9.17) is 9.98 Å². The van der Waals surface area contributed by atoms with Gasteiger partial charge in [0.2, 0.25) is 0 Å². The van der Waals surface area contributed by atoms with Crippen LogP contribution in [0.15, 0.2) is 155 Å². The standard InChI is InChI=1S/C46H42N4/c1-3-12-33(13-4-1)44-48-45(34-14-5-2-6-15-34)50-46(49-44)39-27-37(32-23-21-31(22-24-32)36-17-11-25-47-30-36)26-38(28-39)43-29-35-16-7-8-18-40(35)41-19-9-10-20-42(41)43/h1,3-4,7-13,16-21,23,25,27-30,34,37,45H,2,5-6,14-15,22,24,26H2,(H,48,49,50). The van der Waals surface area contributed by atoms with Gasteiger partial charge in [-0.1, -0.05) is 128 Å². The molecular weight excluding hydrogens is 609 g/mol. The summed E-state index contributed by atoms with van der Waals surface area (Å²) in [7, 11) is 0. The first-order valence-corrected chi connectivity index (χ1v) is 18.4. The Hall–Kier alpha value is -5.35. The highest BCUT2D eigenvalue weighted by molar-refractivity contribution is 6.18. The van der Waals surface area contributed by atoms with E-state index in [1.165, 1.54) is 87.1 Å². The topological polar surface area (TPSA) is 49.6 Å². The molecule has 50 heavy (non-hydrogen) atoms. The van der Waals surface area contributed by atoms with Crippen LogP contribution in [0.4, 0.5) is 0 Å². The quantitative estimate of drug-likeness (QED) is 0.186. The number of aromatic nitrogens is 1. The van der Waals surface area contributed by atoms with E-state index in [1.54, 1.807) is 0 Å². The molecule has 3 aliphatic carbocycles. The van der Waals surface area contributed by atoms with Gasteiger partial charge in [0.25, 0.3) is 0 Å². The van der Waals surface area contributed by atoms with Crippen molar-refractivity contribution in [2.24, 2.45) is 21.8 Å². The Bertz CT molecular complexity index is 2250. The van der Waals surface area contributed by atoms with Gasteiger partial charge in [0.15, 0.2) is 0 Å². The highest BCUT2D eigenvalue weighted by Gasteiger charge is 2.30. The van der Waals surface area contributed by atoms with Crippen molar-refractivity contribution in [2.45, 2.75) is 57.5 Å². The molecule has 1 fully saturated rings. The predicted octanol–water partition coefficient (Wildman–Crippen LogP) is 10.9. The molecule has 1 aromatic heterocycles. The van der Waals surface area contributed by atoms with Gasteiger partial charge in [0.1, 0.15) is 17.8 Å². The van der Waals surface area contributed by atoms with Crippen LogP contribution in [0.25, 0.3) is 32.7 Å². The summed E-state index contributed by atoms with van der Waals surface area (Å²) in [6, 6.07) is 34.9. The molecule has 5 aromatic rings. The Morgan fingerprint density at radius 1 is 0.640 bits per heavy atom. The SMILES string of the molecule is C1=C(C2=NC(C3CCCCC3)N=C(c3ccccc3)N2)C=C(c2cc3ccccc3c3ccccc23)CC1C1=CC=C(c2cccnc2)CC1. The summed E-state index contributed by atoms with van der Waals surface area (Å²) in [5.41, 5.74) is 9.00. The van der Waals surface area contributed by atoms with E-state index in [0.717, 1.165) is 36.5 Å². The van der Waals surface area contributed by atoms with Gasteiger partial charge in [-0.2, -0.15) is 0 Å². The Labute approximate surface area is 294 Å². The fraction of sp³-hybridized carbons (Fsp3) is 0.239. The van der Waals surface area contributed by atoms with Crippen LogP contribution >= 0.6 is 0 Å². The summed E-state index contributed by atoms with van der Waals surface area (Å²) in [6.07, 6.45) is 22.6. The lowest BCUT2D eigenvalue weighted by atomic mass is 9.77. The van der Waals surface area contributed by atoms with Crippen molar-refractivity contribution in [1.82, 2.24) is 10.3 Å². The van der Waals surface area contributed by atoms with E-state index < -0.39 is 0 Å². The largest absolute Gasteiger partial charge is 0.324 e. The van der Waals surface area contributed by atoms with Crippen LogP contribution in [-0.2, 0) is 0 Å². The summed E-state index contributed by atoms with van der Waals surface area (Å²) in [5.74, 6) is 2.62. The van der Waals surface area contributed by atoms with Gasteiger partial charge in [-0.15, -0.1) is 0 Å². The Morgan fingerprint density at radius 2 is 1.40 bits per heavy atom. The number of allylic oxidation sites excluding steroid dienone is 6. The fourth-order valence-corrected chi connectivity index (χ4v) is 8.46. The van der Waals surface area contributed by atoms with E-state index >= 15 is 0 Å². The molecule has 0 bridgehead atoms. The maximum atomic E-state index is 5.44. The highest BCUT2D eigenvalue weighted by atomic mass is 15.2. The van der Waals surface area contributed by atoms with Gasteiger partial charge in [0, 0.05) is 35.4 Å². The second-order valence-corrected chi connectivity index (χ2v) is 14.2. The van der Waals surface area contributed by atoms with Crippen molar-refractivity contribution in [2.75, 3.05) is 0 Å². The molecule has 9 rings (SSSR count). The second-order valence-electron chi connectivity index (χ2n) is 14.2. The number of hydrogen-bond donors (Lipinski definition) is 1. The minimum Gasteiger partial charge on any atom is -0.324 e. The summed E-state index contributed by atoms with van der Waals surface area (Å²) in [5, 5.41) is 8.94. The Morgan fingerprint density at radius 3 is 2.20 bits per heavy atom. The first kappa shape index (κ1) is 30.7. The van der Waals surface area contributed by atoms with Crippen LogP contribution in [0.5, 0.6) is 0 Å². The van der Waals surface area contributed by atoms with Gasteiger partial charge in [-0.3, -0.25) is 4.98 Å². The molecule has 0 spiro atoms. The number of pyridine rings is 1. The lowest BCUT2D eigenvalue weighted by Crippen LogP contribution is -2.40. The molecule has 0 radical (unpaired) electrons. The number of benzene rings is 4. The molecule has 2 heterocycles. The van der Waals surface area contributed by atoms with Crippen LogP contribution < -0.4 is 5.32 Å². The van der Waals surface area contributed by atoms with Crippen LogP contribution in [-0.4, -0.2) is 22.8 Å². The smallest absolute Gasteiger partial charge is 0.147 e. The number of amidine groups is 2. The molecule has 1 N–H and O–H groups in total. The lowest BCUT2D eigenvalue weighted by Gasteiger charge is -2.32. The van der Waals surface area contributed by atoms with Crippen LogP contribution in [0, 0.1) is 11.8 Å². The summed E-state index contributed by atoms with van der Waals surface area (Å²) >= 11 is 0. The highest BCUT2D eigenvalue weighted by Crippen LogP contribution is 2.42. The van der Waals surface area contributed by atoms with Crippen molar-refractivity contribution in [3.05, 3.63) is 162 Å². The Balaban J connectivity index is 1.17. The maximum absolute atomic E-state index is 5.44. The molecule has 2 atom stereocenters. The second kappa shape index (κ2) is 13.5. The molecule has 1 saturated carbocycles. The molecule has 4 nitrogen and oxygen atoms in total. The summed E-state index contributed by atoms with van der Waals surface area (Å²) < 4.78 is 0. The van der Waals surface area contributed by atoms with Crippen molar-refractivity contribution >= 4 is 44.4 Å². The van der Waals surface area contributed by atoms with E-state index in [0.29, 0.717) is 5.92 Å². The third-order valence-corrected chi connectivity index (χ3v) is 11.1. The van der Waals surface area contributed by atoms with Crippen molar-refractivity contribution in [3.8, 4) is 0 Å². The molecule has 2 unspecified atom stereocenters. The third-order valence-electron chi connectivity index (χ3n) is 11.1. The molecule has 0 amide bonds. The van der Waals surface area contributed by atoms with Crippen LogP contribution in [0.3, 0.4) is 0 Å². The zero-order chi connectivity index (χ0) is 33.3. The van der Waals surface area contributed by atoms with E-state index in [1.807, 2.05) is 18.5 Å². The molecule has 0 saturated heterocycles. The zero-order valence-electron chi connectivity index (χ0n) is 28.4. The van der Waals surface area contributed by atoms with Gasteiger partial charge in [0.05, 0.1) is 0 Å². The molecule has 4 heteroatoms. The van der Waals surface area contributed by atoms with E-state index in [2.05, 4.69) is 126 Å². The normalized spacial score (nSPS) is 21.4. The number of aliphatic imine (C=N–C) groups is 2. The molecule has 246 valence electrons. The number of hydrogen-bond acceptors (Lipinski definition) is 4. The van der Waals surface area contributed by atoms with Gasteiger partial charge >= 0.3 is 0 Å². The summed E-state index contributed by atoms with van der Waals surface area (Å²) in [4.78, 5) is 15.1. The number of nitrogens with zero attached hydrogens (tertiary/aromatic N) is 3. The molecular formula is C46H42N4. The average molecular weight is 651 g/mol. The van der Waals surface area contributed by atoms with Gasteiger partial charge < -0.3 is 5.32 Å². The molecule has 4 aromatic carbocycles.